The maximum atomic E-state index is 15.1. The summed E-state index contributed by atoms with van der Waals surface area (Å²) in [5.41, 5.74) is 4.59. The second-order valence-electron chi connectivity index (χ2n) is 6.67. The molecule has 0 unspecified atom stereocenters. The Morgan fingerprint density at radius 3 is 1.89 bits per heavy atom. The normalized spacial score (nSPS) is 11.0. The van der Waals surface area contributed by atoms with Gasteiger partial charge in [-0.1, -0.05) is 32.9 Å². The van der Waals surface area contributed by atoms with E-state index in [2.05, 4.69) is 0 Å². The van der Waals surface area contributed by atoms with Crippen molar-refractivity contribution in [3.8, 4) is 22.3 Å². The molecule has 3 heteroatoms. The van der Waals surface area contributed by atoms with Crippen LogP contribution in [0.5, 0.6) is 0 Å². The Morgan fingerprint density at radius 1 is 0.556 bits per heavy atom. The standard InChI is InChI=1S/C24H23F3/c1-4-15-7-10-23(26)21(11-15)20-14-24(27)22(12-17(20)6-3)19-13-18(25)9-8-16(19)5-2/h7-14H,4-6H2,1-3H3. The predicted octanol–water partition coefficient (Wildman–Crippen LogP) is 7.13. The van der Waals surface area contributed by atoms with Crippen molar-refractivity contribution in [2.45, 2.75) is 40.0 Å². The van der Waals surface area contributed by atoms with E-state index < -0.39 is 11.6 Å². The second kappa shape index (κ2) is 7.99. The molecule has 3 aromatic carbocycles. The monoisotopic (exact) mass is 368 g/mol. The van der Waals surface area contributed by atoms with E-state index in [1.165, 1.54) is 24.3 Å². The zero-order chi connectivity index (χ0) is 19.6. The van der Waals surface area contributed by atoms with E-state index in [0.717, 1.165) is 23.1 Å². The molecular formula is C24H23F3. The van der Waals surface area contributed by atoms with Crippen LogP contribution >= 0.6 is 0 Å². The van der Waals surface area contributed by atoms with E-state index in [9.17, 15) is 8.78 Å². The van der Waals surface area contributed by atoms with Crippen LogP contribution in [0.15, 0.2) is 48.5 Å². The van der Waals surface area contributed by atoms with Crippen LogP contribution in [0.25, 0.3) is 22.3 Å². The second-order valence-corrected chi connectivity index (χ2v) is 6.67. The van der Waals surface area contributed by atoms with Crippen molar-refractivity contribution < 1.29 is 13.2 Å². The number of rotatable bonds is 5. The third-order valence-electron chi connectivity index (χ3n) is 5.05. The minimum atomic E-state index is -0.469. The molecular weight excluding hydrogens is 345 g/mol. The summed E-state index contributed by atoms with van der Waals surface area (Å²) in [7, 11) is 0. The van der Waals surface area contributed by atoms with Gasteiger partial charge in [0.05, 0.1) is 0 Å². The third-order valence-corrected chi connectivity index (χ3v) is 5.05. The molecule has 0 bridgehead atoms. The van der Waals surface area contributed by atoms with Crippen molar-refractivity contribution >= 4 is 0 Å². The highest BCUT2D eigenvalue weighted by Crippen LogP contribution is 2.35. The summed E-state index contributed by atoms with van der Waals surface area (Å²) in [5.74, 6) is -1.23. The van der Waals surface area contributed by atoms with Gasteiger partial charge in [-0.25, -0.2) is 13.2 Å². The Labute approximate surface area is 158 Å². The molecule has 0 radical (unpaired) electrons. The number of hydrogen-bond acceptors (Lipinski definition) is 0. The van der Waals surface area contributed by atoms with Crippen molar-refractivity contribution in [3.05, 3.63) is 82.7 Å². The number of hydrogen-bond donors (Lipinski definition) is 0. The van der Waals surface area contributed by atoms with Crippen LogP contribution in [0.4, 0.5) is 13.2 Å². The van der Waals surface area contributed by atoms with Crippen molar-refractivity contribution in [2.24, 2.45) is 0 Å². The molecule has 3 rings (SSSR count). The average molecular weight is 368 g/mol. The highest BCUT2D eigenvalue weighted by atomic mass is 19.1. The minimum absolute atomic E-state index is 0.360. The minimum Gasteiger partial charge on any atom is -0.207 e. The molecule has 0 aliphatic heterocycles. The molecule has 0 N–H and O–H groups in total. The fourth-order valence-corrected chi connectivity index (χ4v) is 3.47. The van der Waals surface area contributed by atoms with Crippen molar-refractivity contribution in [1.82, 2.24) is 0 Å². The topological polar surface area (TPSA) is 0 Å². The molecule has 140 valence electrons. The maximum Gasteiger partial charge on any atom is 0.131 e. The fraction of sp³-hybridized carbons (Fsp3) is 0.250. The third kappa shape index (κ3) is 3.78. The summed E-state index contributed by atoms with van der Waals surface area (Å²) in [4.78, 5) is 0. The van der Waals surface area contributed by atoms with Gasteiger partial charge in [-0.15, -0.1) is 0 Å². The van der Waals surface area contributed by atoms with Crippen molar-refractivity contribution in [2.75, 3.05) is 0 Å². The van der Waals surface area contributed by atoms with Crippen LogP contribution in [-0.2, 0) is 19.3 Å². The maximum absolute atomic E-state index is 15.1. The average Bonchev–Trinajstić information content (AvgIpc) is 2.68. The Bertz CT molecular complexity index is 974. The fourth-order valence-electron chi connectivity index (χ4n) is 3.47. The van der Waals surface area contributed by atoms with Crippen LogP contribution in [0.3, 0.4) is 0 Å². The van der Waals surface area contributed by atoms with Crippen molar-refractivity contribution in [3.63, 3.8) is 0 Å². The van der Waals surface area contributed by atoms with E-state index >= 15 is 4.39 Å². The summed E-state index contributed by atoms with van der Waals surface area (Å²) in [6.07, 6.45) is 2.07. The predicted molar refractivity (Wildman–Crippen MR) is 105 cm³/mol. The van der Waals surface area contributed by atoms with E-state index in [-0.39, 0.29) is 5.82 Å². The van der Waals surface area contributed by atoms with Gasteiger partial charge in [-0.05, 0) is 83.5 Å². The summed E-state index contributed by atoms with van der Waals surface area (Å²) in [6, 6.07) is 12.5. The molecule has 0 fully saturated rings. The van der Waals surface area contributed by atoms with Gasteiger partial charge in [0.15, 0.2) is 0 Å². The Morgan fingerprint density at radius 2 is 1.22 bits per heavy atom. The van der Waals surface area contributed by atoms with Gasteiger partial charge in [-0.2, -0.15) is 0 Å². The quantitative estimate of drug-likeness (QED) is 0.449. The first-order valence-electron chi connectivity index (χ1n) is 9.38. The van der Waals surface area contributed by atoms with Gasteiger partial charge in [0.1, 0.15) is 17.5 Å². The molecule has 0 atom stereocenters. The van der Waals surface area contributed by atoms with E-state index in [1.807, 2.05) is 20.8 Å². The molecule has 0 aliphatic rings. The van der Waals surface area contributed by atoms with E-state index in [1.54, 1.807) is 24.3 Å². The first-order chi connectivity index (χ1) is 13.0. The zero-order valence-corrected chi connectivity index (χ0v) is 15.9. The summed E-state index contributed by atoms with van der Waals surface area (Å²) >= 11 is 0. The first kappa shape index (κ1) is 19.2. The Balaban J connectivity index is 2.22. The van der Waals surface area contributed by atoms with Crippen LogP contribution in [0.1, 0.15) is 37.5 Å². The van der Waals surface area contributed by atoms with Gasteiger partial charge in [0.25, 0.3) is 0 Å². The molecule has 0 saturated heterocycles. The molecule has 0 amide bonds. The highest BCUT2D eigenvalue weighted by Gasteiger charge is 2.17. The molecule has 0 saturated carbocycles. The molecule has 27 heavy (non-hydrogen) atoms. The Hall–Kier alpha value is -2.55. The molecule has 0 spiro atoms. The van der Waals surface area contributed by atoms with E-state index in [4.69, 9.17) is 0 Å². The molecule has 0 nitrogen and oxygen atoms in total. The highest BCUT2D eigenvalue weighted by molar-refractivity contribution is 5.76. The first-order valence-corrected chi connectivity index (χ1v) is 9.38. The SMILES string of the molecule is CCc1ccc(F)c(-c2cc(F)c(-c3cc(F)ccc3CC)cc2CC)c1. The van der Waals surface area contributed by atoms with Crippen molar-refractivity contribution in [1.29, 1.82) is 0 Å². The van der Waals surface area contributed by atoms with Gasteiger partial charge >= 0.3 is 0 Å². The van der Waals surface area contributed by atoms with Crippen LogP contribution in [0.2, 0.25) is 0 Å². The number of benzene rings is 3. The molecule has 0 heterocycles. The molecule has 0 aromatic heterocycles. The van der Waals surface area contributed by atoms with Crippen LogP contribution in [0, 0.1) is 17.5 Å². The number of aryl methyl sites for hydroxylation is 3. The van der Waals surface area contributed by atoms with Gasteiger partial charge in [0, 0.05) is 11.1 Å². The molecule has 3 aromatic rings. The summed E-state index contributed by atoms with van der Waals surface area (Å²) < 4.78 is 43.3. The van der Waals surface area contributed by atoms with E-state index in [0.29, 0.717) is 35.1 Å². The largest absolute Gasteiger partial charge is 0.207 e. The lowest BCUT2D eigenvalue weighted by atomic mass is 9.90. The van der Waals surface area contributed by atoms with Gasteiger partial charge in [-0.3, -0.25) is 0 Å². The number of halogens is 3. The zero-order valence-electron chi connectivity index (χ0n) is 15.9. The lowest BCUT2D eigenvalue weighted by Gasteiger charge is -2.16. The van der Waals surface area contributed by atoms with Gasteiger partial charge in [0.2, 0.25) is 0 Å². The lowest BCUT2D eigenvalue weighted by molar-refractivity contribution is 0.622. The smallest absolute Gasteiger partial charge is 0.131 e. The van der Waals surface area contributed by atoms with Gasteiger partial charge < -0.3 is 0 Å². The molecule has 0 aliphatic carbocycles. The summed E-state index contributed by atoms with van der Waals surface area (Å²) in [6.45, 7) is 5.90. The summed E-state index contributed by atoms with van der Waals surface area (Å²) in [5, 5.41) is 0. The Kier molecular flexibility index (Phi) is 5.69. The van der Waals surface area contributed by atoms with Crippen LogP contribution in [-0.4, -0.2) is 0 Å². The lowest BCUT2D eigenvalue weighted by Crippen LogP contribution is -1.98. The van der Waals surface area contributed by atoms with Crippen LogP contribution < -0.4 is 0 Å².